The van der Waals surface area contributed by atoms with Crippen molar-refractivity contribution in [2.75, 3.05) is 32.2 Å². The number of hydrogen-bond donors (Lipinski definition) is 0. The Morgan fingerprint density at radius 3 is 2.64 bits per heavy atom. The SMILES string of the molecule is CCOC(=O)CSC(SCCC(=O)N(C)C)c1ccc2oc(-c3ccc4ccc(Cl)cc4n3)cc2c1. The van der Waals surface area contributed by atoms with Gasteiger partial charge >= 0.3 is 5.97 Å². The van der Waals surface area contributed by atoms with Crippen molar-refractivity contribution < 1.29 is 18.7 Å². The largest absolute Gasteiger partial charge is 0.465 e. The summed E-state index contributed by atoms with van der Waals surface area (Å²) in [5, 5.41) is 2.59. The smallest absolute Gasteiger partial charge is 0.315 e. The molecule has 36 heavy (non-hydrogen) atoms. The number of aromatic nitrogens is 1. The van der Waals surface area contributed by atoms with Crippen LogP contribution >= 0.6 is 35.1 Å². The third-order valence-electron chi connectivity index (χ3n) is 5.46. The van der Waals surface area contributed by atoms with Gasteiger partial charge in [-0.2, -0.15) is 0 Å². The van der Waals surface area contributed by atoms with E-state index in [1.807, 2.05) is 48.5 Å². The van der Waals surface area contributed by atoms with Crippen LogP contribution in [0.5, 0.6) is 0 Å². The summed E-state index contributed by atoms with van der Waals surface area (Å²) in [5.74, 6) is 1.40. The summed E-state index contributed by atoms with van der Waals surface area (Å²) in [6.07, 6.45) is 0.434. The first-order valence-electron chi connectivity index (χ1n) is 11.5. The fourth-order valence-corrected chi connectivity index (χ4v) is 6.23. The molecule has 0 fully saturated rings. The van der Waals surface area contributed by atoms with E-state index in [0.717, 1.165) is 33.1 Å². The molecule has 0 spiro atoms. The van der Waals surface area contributed by atoms with E-state index in [9.17, 15) is 9.59 Å². The topological polar surface area (TPSA) is 72.6 Å². The number of amides is 1. The van der Waals surface area contributed by atoms with E-state index in [1.54, 1.807) is 37.7 Å². The second kappa shape index (κ2) is 12.0. The lowest BCUT2D eigenvalue weighted by Gasteiger charge is -2.17. The van der Waals surface area contributed by atoms with Crippen LogP contribution in [0.3, 0.4) is 0 Å². The number of halogens is 1. The third-order valence-corrected chi connectivity index (χ3v) is 8.50. The molecule has 1 amide bonds. The Kier molecular flexibility index (Phi) is 8.82. The number of nitrogens with zero attached hydrogens (tertiary/aromatic N) is 2. The molecule has 6 nitrogen and oxygen atoms in total. The van der Waals surface area contributed by atoms with Crippen LogP contribution in [0, 0.1) is 0 Å². The molecular formula is C27H27ClN2O4S2. The molecule has 2 heterocycles. The lowest BCUT2D eigenvalue weighted by molar-refractivity contribution is -0.139. The van der Waals surface area contributed by atoms with Gasteiger partial charge in [-0.1, -0.05) is 29.8 Å². The monoisotopic (exact) mass is 542 g/mol. The van der Waals surface area contributed by atoms with E-state index in [0.29, 0.717) is 29.6 Å². The van der Waals surface area contributed by atoms with Gasteiger partial charge in [0.1, 0.15) is 11.3 Å². The van der Waals surface area contributed by atoms with Crippen molar-refractivity contribution in [3.05, 3.63) is 65.2 Å². The minimum Gasteiger partial charge on any atom is -0.465 e. The number of esters is 1. The van der Waals surface area contributed by atoms with Crippen molar-refractivity contribution in [3.8, 4) is 11.5 Å². The standard InChI is InChI=1S/C27H27ClN2O4S2/c1-4-33-26(32)16-36-27(35-12-11-25(31)30(2)3)18-7-10-23-19(13-18)14-24(34-23)21-9-6-17-5-8-20(28)15-22(17)29-21/h5-10,13-15,27H,4,11-12,16H2,1-3H3. The molecular weight excluding hydrogens is 516 g/mol. The van der Waals surface area contributed by atoms with Crippen LogP contribution in [0.15, 0.2) is 59.0 Å². The maximum Gasteiger partial charge on any atom is 0.315 e. The van der Waals surface area contributed by atoms with Gasteiger partial charge < -0.3 is 14.1 Å². The molecule has 0 bridgehead atoms. The number of carbonyl (C=O) groups excluding carboxylic acids is 2. The number of ether oxygens (including phenoxy) is 1. The molecule has 0 aliphatic rings. The van der Waals surface area contributed by atoms with E-state index in [1.165, 1.54) is 11.8 Å². The summed E-state index contributed by atoms with van der Waals surface area (Å²) < 4.78 is 11.2. The van der Waals surface area contributed by atoms with E-state index >= 15 is 0 Å². The van der Waals surface area contributed by atoms with Gasteiger partial charge in [0.2, 0.25) is 5.91 Å². The molecule has 4 aromatic rings. The Bertz CT molecular complexity index is 1390. The van der Waals surface area contributed by atoms with Crippen molar-refractivity contribution in [1.29, 1.82) is 0 Å². The zero-order valence-electron chi connectivity index (χ0n) is 20.3. The highest BCUT2D eigenvalue weighted by atomic mass is 35.5. The fraction of sp³-hybridized carbons (Fsp3) is 0.296. The third kappa shape index (κ3) is 6.55. The highest BCUT2D eigenvalue weighted by Crippen LogP contribution is 2.41. The maximum absolute atomic E-state index is 12.0. The van der Waals surface area contributed by atoms with Gasteiger partial charge in [0, 0.05) is 42.1 Å². The van der Waals surface area contributed by atoms with Crippen molar-refractivity contribution in [1.82, 2.24) is 9.88 Å². The van der Waals surface area contributed by atoms with Gasteiger partial charge in [-0.05, 0) is 48.9 Å². The van der Waals surface area contributed by atoms with Gasteiger partial charge in [0.25, 0.3) is 0 Å². The molecule has 2 aromatic heterocycles. The Morgan fingerprint density at radius 2 is 1.86 bits per heavy atom. The molecule has 188 valence electrons. The number of hydrogen-bond acceptors (Lipinski definition) is 7. The Labute approximate surface area is 223 Å². The zero-order valence-corrected chi connectivity index (χ0v) is 22.7. The molecule has 0 radical (unpaired) electrons. The molecule has 1 atom stereocenters. The molecule has 1 unspecified atom stereocenters. The van der Waals surface area contributed by atoms with Gasteiger partial charge in [-0.3, -0.25) is 9.59 Å². The van der Waals surface area contributed by atoms with Gasteiger partial charge in [-0.15, -0.1) is 23.5 Å². The van der Waals surface area contributed by atoms with Crippen molar-refractivity contribution >= 4 is 68.9 Å². The molecule has 0 aliphatic carbocycles. The zero-order chi connectivity index (χ0) is 25.7. The number of thioether (sulfide) groups is 2. The van der Waals surface area contributed by atoms with E-state index < -0.39 is 0 Å². The van der Waals surface area contributed by atoms with Gasteiger partial charge in [0.05, 0.1) is 22.5 Å². The molecule has 0 N–H and O–H groups in total. The maximum atomic E-state index is 12.0. The quantitative estimate of drug-likeness (QED) is 0.161. The lowest BCUT2D eigenvalue weighted by Crippen LogP contribution is -2.21. The number of furan rings is 1. The summed E-state index contributed by atoms with van der Waals surface area (Å²) in [4.78, 5) is 30.3. The number of pyridine rings is 1. The summed E-state index contributed by atoms with van der Waals surface area (Å²) in [5.41, 5.74) is 3.33. The molecule has 9 heteroatoms. The first-order chi connectivity index (χ1) is 17.3. The molecule has 0 aliphatic heterocycles. The van der Waals surface area contributed by atoms with Crippen molar-refractivity contribution in [3.63, 3.8) is 0 Å². The molecule has 0 saturated heterocycles. The molecule has 2 aromatic carbocycles. The van der Waals surface area contributed by atoms with E-state index in [2.05, 4.69) is 6.07 Å². The van der Waals surface area contributed by atoms with E-state index in [-0.39, 0.29) is 22.2 Å². The van der Waals surface area contributed by atoms with Gasteiger partial charge in [0.15, 0.2) is 5.76 Å². The second-order valence-corrected chi connectivity index (χ2v) is 11.3. The number of benzene rings is 2. The first-order valence-corrected chi connectivity index (χ1v) is 14.0. The molecule has 0 saturated carbocycles. The Morgan fingerprint density at radius 1 is 1.06 bits per heavy atom. The minimum atomic E-state index is -0.244. The fourth-order valence-electron chi connectivity index (χ4n) is 3.63. The number of carbonyl (C=O) groups is 2. The number of fused-ring (bicyclic) bond motifs is 2. The van der Waals surface area contributed by atoms with Crippen LogP contribution in [0.4, 0.5) is 0 Å². The van der Waals surface area contributed by atoms with Crippen LogP contribution in [-0.2, 0) is 14.3 Å². The lowest BCUT2D eigenvalue weighted by atomic mass is 10.1. The number of rotatable bonds is 10. The van der Waals surface area contributed by atoms with E-state index in [4.69, 9.17) is 25.7 Å². The Hall–Kier alpha value is -2.68. The summed E-state index contributed by atoms with van der Waals surface area (Å²) in [6.45, 7) is 2.15. The summed E-state index contributed by atoms with van der Waals surface area (Å²) in [7, 11) is 3.51. The van der Waals surface area contributed by atoms with Gasteiger partial charge in [-0.25, -0.2) is 4.98 Å². The van der Waals surface area contributed by atoms with Crippen LogP contribution in [0.2, 0.25) is 5.02 Å². The summed E-state index contributed by atoms with van der Waals surface area (Å²) >= 11 is 9.29. The van der Waals surface area contributed by atoms with Crippen LogP contribution in [0.25, 0.3) is 33.3 Å². The Balaban J connectivity index is 1.58. The van der Waals surface area contributed by atoms with Crippen LogP contribution in [0.1, 0.15) is 23.5 Å². The second-order valence-electron chi connectivity index (χ2n) is 8.30. The average Bonchev–Trinajstić information content (AvgIpc) is 3.29. The average molecular weight is 543 g/mol. The van der Waals surface area contributed by atoms with Crippen molar-refractivity contribution in [2.45, 2.75) is 17.9 Å². The van der Waals surface area contributed by atoms with Crippen LogP contribution in [-0.4, -0.2) is 54.0 Å². The predicted molar refractivity (Wildman–Crippen MR) is 150 cm³/mol. The highest BCUT2D eigenvalue weighted by molar-refractivity contribution is 8.16. The predicted octanol–water partition coefficient (Wildman–Crippen LogP) is 6.81. The minimum absolute atomic E-state index is 0.0342. The van der Waals surface area contributed by atoms with Crippen LogP contribution < -0.4 is 0 Å². The first kappa shape index (κ1) is 26.4. The summed E-state index contributed by atoms with van der Waals surface area (Å²) in [6, 6.07) is 17.6. The normalized spacial score (nSPS) is 12.1. The molecule has 4 rings (SSSR count). The van der Waals surface area contributed by atoms with Crippen molar-refractivity contribution in [2.24, 2.45) is 0 Å². The highest BCUT2D eigenvalue weighted by Gasteiger charge is 2.18.